The highest BCUT2D eigenvalue weighted by Crippen LogP contribution is 2.35. The molecule has 1 N–H and O–H groups in total. The lowest BCUT2D eigenvalue weighted by Gasteiger charge is -2.34. The van der Waals surface area contributed by atoms with Crippen molar-refractivity contribution in [2.75, 3.05) is 25.0 Å². The van der Waals surface area contributed by atoms with E-state index in [-0.39, 0.29) is 0 Å². The number of nitrogens with one attached hydrogen (secondary N) is 1. The Labute approximate surface area is 129 Å². The van der Waals surface area contributed by atoms with Crippen LogP contribution in [0, 0.1) is 5.41 Å². The Morgan fingerprint density at radius 3 is 2.76 bits per heavy atom. The second-order valence-electron chi connectivity index (χ2n) is 7.46. The summed E-state index contributed by atoms with van der Waals surface area (Å²) in [5.41, 5.74) is 4.95. The van der Waals surface area contributed by atoms with E-state index in [0.29, 0.717) is 5.41 Å². The first-order chi connectivity index (χ1) is 10.2. The van der Waals surface area contributed by atoms with Crippen molar-refractivity contribution in [1.82, 2.24) is 5.32 Å². The average Bonchev–Trinajstić information content (AvgIpc) is 2.48. The van der Waals surface area contributed by atoms with Crippen molar-refractivity contribution in [1.29, 1.82) is 0 Å². The standard InChI is InChI=1S/C19H30N2/c1-19(10-4-3-5-11-19)15-20-14-16-8-9-18-17(13-16)7-6-12-21(18)2/h8-9,13,20H,3-7,10-12,14-15H2,1-2H3. The summed E-state index contributed by atoms with van der Waals surface area (Å²) >= 11 is 0. The Hall–Kier alpha value is -1.02. The fraction of sp³-hybridized carbons (Fsp3) is 0.684. The van der Waals surface area contributed by atoms with Gasteiger partial charge >= 0.3 is 0 Å². The van der Waals surface area contributed by atoms with Gasteiger partial charge in [0.05, 0.1) is 0 Å². The molecule has 3 rings (SSSR count). The fourth-order valence-electron chi connectivity index (χ4n) is 4.04. The van der Waals surface area contributed by atoms with Crippen molar-refractivity contribution in [2.45, 2.75) is 58.4 Å². The van der Waals surface area contributed by atoms with Crippen LogP contribution in [0.25, 0.3) is 0 Å². The van der Waals surface area contributed by atoms with E-state index in [9.17, 15) is 0 Å². The first-order valence-corrected chi connectivity index (χ1v) is 8.70. The van der Waals surface area contributed by atoms with Gasteiger partial charge in [-0.1, -0.05) is 38.3 Å². The maximum Gasteiger partial charge on any atom is 0.0396 e. The average molecular weight is 286 g/mol. The van der Waals surface area contributed by atoms with Crippen molar-refractivity contribution < 1.29 is 0 Å². The van der Waals surface area contributed by atoms with Gasteiger partial charge in [0, 0.05) is 32.4 Å². The Kier molecular flexibility index (Phi) is 4.54. The molecule has 2 aliphatic rings. The molecule has 1 aliphatic heterocycles. The van der Waals surface area contributed by atoms with Gasteiger partial charge in [0.25, 0.3) is 0 Å². The van der Waals surface area contributed by atoms with Gasteiger partial charge in [-0.2, -0.15) is 0 Å². The lowest BCUT2D eigenvalue weighted by molar-refractivity contribution is 0.207. The molecule has 0 aromatic heterocycles. The summed E-state index contributed by atoms with van der Waals surface area (Å²) in [7, 11) is 2.21. The summed E-state index contributed by atoms with van der Waals surface area (Å²) in [6.45, 7) is 5.85. The minimum Gasteiger partial charge on any atom is -0.374 e. The molecule has 21 heavy (non-hydrogen) atoms. The highest BCUT2D eigenvalue weighted by molar-refractivity contribution is 5.56. The lowest BCUT2D eigenvalue weighted by atomic mass is 9.76. The largest absolute Gasteiger partial charge is 0.374 e. The van der Waals surface area contributed by atoms with Gasteiger partial charge in [0.2, 0.25) is 0 Å². The van der Waals surface area contributed by atoms with Crippen LogP contribution in [-0.2, 0) is 13.0 Å². The molecule has 1 aliphatic carbocycles. The molecule has 1 aromatic rings. The smallest absolute Gasteiger partial charge is 0.0396 e. The Morgan fingerprint density at radius 2 is 1.95 bits per heavy atom. The maximum absolute atomic E-state index is 3.72. The molecular formula is C19H30N2. The minimum absolute atomic E-state index is 0.534. The molecule has 1 fully saturated rings. The van der Waals surface area contributed by atoms with E-state index in [0.717, 1.165) is 6.54 Å². The topological polar surface area (TPSA) is 15.3 Å². The van der Waals surface area contributed by atoms with Gasteiger partial charge in [-0.15, -0.1) is 0 Å². The summed E-state index contributed by atoms with van der Waals surface area (Å²) in [5, 5.41) is 3.72. The molecule has 0 radical (unpaired) electrons. The van der Waals surface area contributed by atoms with Crippen molar-refractivity contribution in [3.8, 4) is 0 Å². The molecule has 0 spiro atoms. The molecule has 0 atom stereocenters. The number of hydrogen-bond acceptors (Lipinski definition) is 2. The summed E-state index contributed by atoms with van der Waals surface area (Å²) in [4.78, 5) is 2.39. The van der Waals surface area contributed by atoms with E-state index in [4.69, 9.17) is 0 Å². The van der Waals surface area contributed by atoms with Crippen LogP contribution >= 0.6 is 0 Å². The lowest BCUT2D eigenvalue weighted by Crippen LogP contribution is -2.33. The van der Waals surface area contributed by atoms with Gasteiger partial charge in [0.1, 0.15) is 0 Å². The molecule has 0 amide bonds. The first-order valence-electron chi connectivity index (χ1n) is 8.70. The third-order valence-corrected chi connectivity index (χ3v) is 5.44. The summed E-state index contributed by atoms with van der Waals surface area (Å²) in [6.07, 6.45) is 9.61. The second-order valence-corrected chi connectivity index (χ2v) is 7.46. The quantitative estimate of drug-likeness (QED) is 0.895. The summed E-state index contributed by atoms with van der Waals surface area (Å²) in [5.74, 6) is 0. The molecule has 116 valence electrons. The Bertz CT molecular complexity index is 474. The number of benzene rings is 1. The van der Waals surface area contributed by atoms with Crippen LogP contribution in [0.15, 0.2) is 18.2 Å². The van der Waals surface area contributed by atoms with Crippen LogP contribution in [0.5, 0.6) is 0 Å². The van der Waals surface area contributed by atoms with Crippen molar-refractivity contribution in [3.05, 3.63) is 29.3 Å². The Balaban J connectivity index is 1.56. The van der Waals surface area contributed by atoms with Crippen LogP contribution in [-0.4, -0.2) is 20.1 Å². The van der Waals surface area contributed by atoms with E-state index in [2.05, 4.69) is 42.4 Å². The van der Waals surface area contributed by atoms with Crippen LogP contribution < -0.4 is 10.2 Å². The number of fused-ring (bicyclic) bond motifs is 1. The third-order valence-electron chi connectivity index (χ3n) is 5.44. The van der Waals surface area contributed by atoms with Crippen molar-refractivity contribution >= 4 is 5.69 Å². The normalized spacial score (nSPS) is 21.1. The SMILES string of the molecule is CN1CCCc2cc(CNCC3(C)CCCCC3)ccc21. The summed E-state index contributed by atoms with van der Waals surface area (Å²) in [6, 6.07) is 7.03. The van der Waals surface area contributed by atoms with Gasteiger partial charge in [-0.3, -0.25) is 0 Å². The number of hydrogen-bond donors (Lipinski definition) is 1. The minimum atomic E-state index is 0.534. The molecule has 0 unspecified atom stereocenters. The van der Waals surface area contributed by atoms with Crippen LogP contribution in [0.3, 0.4) is 0 Å². The molecular weight excluding hydrogens is 256 g/mol. The highest BCUT2D eigenvalue weighted by Gasteiger charge is 2.26. The van der Waals surface area contributed by atoms with Crippen molar-refractivity contribution in [3.63, 3.8) is 0 Å². The fourth-order valence-corrected chi connectivity index (χ4v) is 4.04. The van der Waals surface area contributed by atoms with Gasteiger partial charge < -0.3 is 10.2 Å². The molecule has 1 saturated carbocycles. The zero-order valence-corrected chi connectivity index (χ0v) is 13.8. The summed E-state index contributed by atoms with van der Waals surface area (Å²) < 4.78 is 0. The Morgan fingerprint density at radius 1 is 1.14 bits per heavy atom. The number of anilines is 1. The first kappa shape index (κ1) is 14.9. The van der Waals surface area contributed by atoms with Crippen molar-refractivity contribution in [2.24, 2.45) is 5.41 Å². The highest BCUT2D eigenvalue weighted by atomic mass is 15.1. The second kappa shape index (κ2) is 6.39. The van der Waals surface area contributed by atoms with E-state index < -0.39 is 0 Å². The molecule has 1 aromatic carbocycles. The van der Waals surface area contributed by atoms with E-state index in [1.165, 1.54) is 74.8 Å². The maximum atomic E-state index is 3.72. The van der Waals surface area contributed by atoms with Gasteiger partial charge in [0.15, 0.2) is 0 Å². The van der Waals surface area contributed by atoms with E-state index in [1.807, 2.05) is 0 Å². The zero-order chi connectivity index (χ0) is 14.7. The monoisotopic (exact) mass is 286 g/mol. The van der Waals surface area contributed by atoms with Gasteiger partial charge in [-0.25, -0.2) is 0 Å². The predicted molar refractivity (Wildman–Crippen MR) is 90.9 cm³/mol. The van der Waals surface area contributed by atoms with Gasteiger partial charge in [-0.05, 0) is 48.3 Å². The molecule has 0 bridgehead atoms. The predicted octanol–water partition coefficient (Wildman–Crippen LogP) is 4.13. The molecule has 0 saturated heterocycles. The van der Waals surface area contributed by atoms with E-state index >= 15 is 0 Å². The molecule has 1 heterocycles. The molecule has 2 nitrogen and oxygen atoms in total. The third kappa shape index (κ3) is 3.60. The van der Waals surface area contributed by atoms with E-state index in [1.54, 1.807) is 0 Å². The molecule has 2 heteroatoms. The number of aryl methyl sites for hydroxylation is 1. The number of nitrogens with zero attached hydrogens (tertiary/aromatic N) is 1. The van der Waals surface area contributed by atoms with Crippen LogP contribution in [0.1, 0.15) is 56.6 Å². The van der Waals surface area contributed by atoms with Crippen LogP contribution in [0.4, 0.5) is 5.69 Å². The van der Waals surface area contributed by atoms with Crippen LogP contribution in [0.2, 0.25) is 0 Å². The zero-order valence-electron chi connectivity index (χ0n) is 13.8. The number of rotatable bonds is 4.